The van der Waals surface area contributed by atoms with Crippen LogP contribution in [0.4, 0.5) is 4.39 Å². The molecule has 0 aliphatic heterocycles. The maximum absolute atomic E-state index is 13.5. The van der Waals surface area contributed by atoms with Crippen LogP contribution in [0.15, 0.2) is 82.4 Å². The third-order valence-electron chi connectivity index (χ3n) is 3.68. The number of amides is 1. The van der Waals surface area contributed by atoms with E-state index in [1.807, 2.05) is 0 Å². The van der Waals surface area contributed by atoms with Gasteiger partial charge in [0.1, 0.15) is 11.6 Å². The quantitative estimate of drug-likeness (QED) is 0.273. The number of nitrogens with one attached hydrogen (secondary N) is 1. The molecule has 1 amide bonds. The molecule has 0 fully saturated rings. The molecule has 0 atom stereocenters. The number of nitrogens with zero attached hydrogens (tertiary/aromatic N) is 1. The van der Waals surface area contributed by atoms with Crippen molar-refractivity contribution in [2.24, 2.45) is 5.10 Å². The van der Waals surface area contributed by atoms with Crippen LogP contribution in [0.1, 0.15) is 26.3 Å². The van der Waals surface area contributed by atoms with Gasteiger partial charge in [-0.15, -0.1) is 0 Å². The largest absolute Gasteiger partial charge is 0.423 e. The Morgan fingerprint density at radius 3 is 2.25 bits per heavy atom. The Morgan fingerprint density at radius 1 is 0.929 bits per heavy atom. The number of rotatable bonds is 5. The third kappa shape index (κ3) is 4.89. The highest BCUT2D eigenvalue weighted by atomic mass is 79.9. The van der Waals surface area contributed by atoms with Crippen LogP contribution in [0.25, 0.3) is 0 Å². The molecule has 3 aromatic rings. The highest BCUT2D eigenvalue weighted by Gasteiger charge is 2.12. The molecule has 7 heteroatoms. The van der Waals surface area contributed by atoms with Gasteiger partial charge < -0.3 is 4.74 Å². The zero-order chi connectivity index (χ0) is 19.9. The lowest BCUT2D eigenvalue weighted by atomic mass is 10.2. The van der Waals surface area contributed by atoms with Gasteiger partial charge in [-0.05, 0) is 70.0 Å². The predicted molar refractivity (Wildman–Crippen MR) is 107 cm³/mol. The van der Waals surface area contributed by atoms with Crippen LogP contribution in [0.3, 0.4) is 0 Å². The van der Waals surface area contributed by atoms with E-state index in [2.05, 4.69) is 26.5 Å². The first kappa shape index (κ1) is 19.4. The second kappa shape index (κ2) is 9.05. The monoisotopic (exact) mass is 440 g/mol. The maximum atomic E-state index is 13.5. The van der Waals surface area contributed by atoms with Gasteiger partial charge in [0.2, 0.25) is 0 Å². The van der Waals surface area contributed by atoms with Gasteiger partial charge in [-0.1, -0.05) is 24.3 Å². The average Bonchev–Trinajstić information content (AvgIpc) is 2.70. The molecule has 0 aromatic heterocycles. The Labute approximate surface area is 169 Å². The Morgan fingerprint density at radius 2 is 1.57 bits per heavy atom. The van der Waals surface area contributed by atoms with Crippen molar-refractivity contribution in [3.05, 3.63) is 99.8 Å². The van der Waals surface area contributed by atoms with Crippen molar-refractivity contribution in [3.63, 3.8) is 0 Å². The summed E-state index contributed by atoms with van der Waals surface area (Å²) in [7, 11) is 0. The topological polar surface area (TPSA) is 67.8 Å². The van der Waals surface area contributed by atoms with Crippen molar-refractivity contribution < 1.29 is 18.7 Å². The van der Waals surface area contributed by atoms with Crippen LogP contribution in [-0.4, -0.2) is 18.1 Å². The highest BCUT2D eigenvalue weighted by Crippen LogP contribution is 2.19. The van der Waals surface area contributed by atoms with Gasteiger partial charge in [0, 0.05) is 4.47 Å². The van der Waals surface area contributed by atoms with Gasteiger partial charge >= 0.3 is 5.97 Å². The van der Waals surface area contributed by atoms with Crippen LogP contribution in [0, 0.1) is 5.82 Å². The van der Waals surface area contributed by atoms with E-state index < -0.39 is 17.7 Å². The zero-order valence-electron chi connectivity index (χ0n) is 14.4. The van der Waals surface area contributed by atoms with Gasteiger partial charge in [-0.25, -0.2) is 14.6 Å². The van der Waals surface area contributed by atoms with Crippen molar-refractivity contribution in [1.29, 1.82) is 0 Å². The van der Waals surface area contributed by atoms with E-state index in [0.717, 1.165) is 0 Å². The number of hydrazone groups is 1. The van der Waals surface area contributed by atoms with Crippen molar-refractivity contribution >= 4 is 34.0 Å². The molecule has 140 valence electrons. The standard InChI is InChI=1S/C21H14BrFN2O3/c22-18-7-3-1-5-16(18)21(27)28-15-11-9-14(10-12-15)13-24-25-20(26)17-6-2-4-8-19(17)23/h1-13H,(H,25,26). The van der Waals surface area contributed by atoms with E-state index in [1.165, 1.54) is 24.4 Å². The number of ether oxygens (including phenoxy) is 1. The lowest BCUT2D eigenvalue weighted by Crippen LogP contribution is -2.18. The second-order valence-corrected chi connectivity index (χ2v) is 6.47. The molecule has 5 nitrogen and oxygen atoms in total. The van der Waals surface area contributed by atoms with E-state index >= 15 is 0 Å². The summed E-state index contributed by atoms with van der Waals surface area (Å²) >= 11 is 3.31. The first-order valence-electron chi connectivity index (χ1n) is 8.19. The summed E-state index contributed by atoms with van der Waals surface area (Å²) in [5.41, 5.74) is 3.26. The fraction of sp³-hybridized carbons (Fsp3) is 0. The van der Waals surface area contributed by atoms with E-state index in [-0.39, 0.29) is 5.56 Å². The molecule has 28 heavy (non-hydrogen) atoms. The maximum Gasteiger partial charge on any atom is 0.344 e. The summed E-state index contributed by atoms with van der Waals surface area (Å²) in [5, 5.41) is 3.80. The minimum absolute atomic E-state index is 0.0889. The first-order valence-corrected chi connectivity index (χ1v) is 8.98. The molecule has 0 unspecified atom stereocenters. The van der Waals surface area contributed by atoms with E-state index in [0.29, 0.717) is 21.3 Å². The molecule has 0 aliphatic rings. The molecule has 3 aromatic carbocycles. The third-order valence-corrected chi connectivity index (χ3v) is 4.37. The molecule has 1 N–H and O–H groups in total. The SMILES string of the molecule is O=C(NN=Cc1ccc(OC(=O)c2ccccc2Br)cc1)c1ccccc1F. The van der Waals surface area contributed by atoms with Crippen LogP contribution in [0.2, 0.25) is 0 Å². The number of carbonyl (C=O) groups excluding carboxylic acids is 2. The fourth-order valence-electron chi connectivity index (χ4n) is 2.28. The summed E-state index contributed by atoms with van der Waals surface area (Å²) in [6, 6.07) is 19.2. The van der Waals surface area contributed by atoms with Gasteiger partial charge in [0.15, 0.2) is 0 Å². The van der Waals surface area contributed by atoms with E-state index in [4.69, 9.17) is 4.74 Å². The van der Waals surface area contributed by atoms with Crippen LogP contribution in [0.5, 0.6) is 5.75 Å². The van der Waals surface area contributed by atoms with Gasteiger partial charge in [-0.3, -0.25) is 4.79 Å². The number of carbonyl (C=O) groups is 2. The van der Waals surface area contributed by atoms with Crippen molar-refractivity contribution in [2.75, 3.05) is 0 Å². The summed E-state index contributed by atoms with van der Waals surface area (Å²) in [6.45, 7) is 0. The Bertz CT molecular complexity index is 1040. The predicted octanol–water partition coefficient (Wildman–Crippen LogP) is 4.57. The number of halogens is 2. The summed E-state index contributed by atoms with van der Waals surface area (Å²) in [4.78, 5) is 24.0. The fourth-order valence-corrected chi connectivity index (χ4v) is 2.73. The second-order valence-electron chi connectivity index (χ2n) is 5.62. The van der Waals surface area contributed by atoms with Crippen molar-refractivity contribution in [3.8, 4) is 5.75 Å². The molecule has 0 saturated carbocycles. The molecule has 0 radical (unpaired) electrons. The van der Waals surface area contributed by atoms with E-state index in [9.17, 15) is 14.0 Å². The molecule has 3 rings (SSSR count). The average molecular weight is 441 g/mol. The number of hydrogen-bond donors (Lipinski definition) is 1. The molecular weight excluding hydrogens is 427 g/mol. The normalized spacial score (nSPS) is 10.6. The van der Waals surface area contributed by atoms with Gasteiger partial charge in [0.05, 0.1) is 17.3 Å². The summed E-state index contributed by atoms with van der Waals surface area (Å²) in [5.74, 6) is -1.38. The summed E-state index contributed by atoms with van der Waals surface area (Å²) < 4.78 is 19.5. The molecule has 0 aliphatic carbocycles. The number of esters is 1. The summed E-state index contributed by atoms with van der Waals surface area (Å²) in [6.07, 6.45) is 1.40. The molecule has 0 bridgehead atoms. The smallest absolute Gasteiger partial charge is 0.344 e. The van der Waals surface area contributed by atoms with Crippen LogP contribution < -0.4 is 10.2 Å². The van der Waals surface area contributed by atoms with Crippen molar-refractivity contribution in [1.82, 2.24) is 5.43 Å². The van der Waals surface area contributed by atoms with Gasteiger partial charge in [-0.2, -0.15) is 5.10 Å². The zero-order valence-corrected chi connectivity index (χ0v) is 16.0. The minimum Gasteiger partial charge on any atom is -0.423 e. The molecule has 0 heterocycles. The lowest BCUT2D eigenvalue weighted by molar-refractivity contribution is 0.0733. The lowest BCUT2D eigenvalue weighted by Gasteiger charge is -2.06. The van der Waals surface area contributed by atoms with Gasteiger partial charge in [0.25, 0.3) is 5.91 Å². The molecule has 0 spiro atoms. The first-order chi connectivity index (χ1) is 13.5. The molecular formula is C21H14BrFN2O3. The van der Waals surface area contributed by atoms with Crippen molar-refractivity contribution in [2.45, 2.75) is 0 Å². The number of hydrogen-bond acceptors (Lipinski definition) is 4. The highest BCUT2D eigenvalue weighted by molar-refractivity contribution is 9.10. The Kier molecular flexibility index (Phi) is 6.29. The van der Waals surface area contributed by atoms with Crippen LogP contribution in [-0.2, 0) is 0 Å². The number of benzene rings is 3. The molecule has 0 saturated heterocycles. The van der Waals surface area contributed by atoms with E-state index in [1.54, 1.807) is 54.6 Å². The minimum atomic E-state index is -0.645. The Hall–Kier alpha value is -3.32. The Balaban J connectivity index is 1.59. The van der Waals surface area contributed by atoms with Crippen LogP contribution >= 0.6 is 15.9 Å².